The quantitative estimate of drug-likeness (QED) is 0.516. The minimum Gasteiger partial charge on any atom is -0.456 e. The molecule has 0 aromatic heterocycles. The SMILES string of the molecule is N#C[C@@H]1C[C@@H]2C[C@@H]2N1C(=O)[C@@H](N)C12C[C@@H]3C[C@@H](CC(OC(=O)C(Cl)(Cl)Cl)(C3)C1)C2. The van der Waals surface area contributed by atoms with Gasteiger partial charge in [-0.1, -0.05) is 34.8 Å². The molecule has 0 aromatic rings. The second kappa shape index (κ2) is 6.38. The van der Waals surface area contributed by atoms with Gasteiger partial charge in [0.15, 0.2) is 0 Å². The van der Waals surface area contributed by atoms with Gasteiger partial charge >= 0.3 is 5.97 Å². The van der Waals surface area contributed by atoms with Gasteiger partial charge < -0.3 is 15.4 Å². The number of esters is 1. The van der Waals surface area contributed by atoms with Gasteiger partial charge in [0, 0.05) is 6.04 Å². The molecule has 0 spiro atoms. The second-order valence-corrected chi connectivity index (χ2v) is 12.3. The highest BCUT2D eigenvalue weighted by molar-refractivity contribution is 6.75. The summed E-state index contributed by atoms with van der Waals surface area (Å²) in [5.74, 6) is 0.161. The van der Waals surface area contributed by atoms with Crippen LogP contribution in [-0.4, -0.2) is 44.3 Å². The van der Waals surface area contributed by atoms with E-state index in [1.807, 2.05) is 0 Å². The normalized spacial score (nSPS) is 45.5. The maximum absolute atomic E-state index is 13.4. The van der Waals surface area contributed by atoms with Crippen molar-refractivity contribution in [2.24, 2.45) is 28.9 Å². The number of nitrogens with two attached hydrogens (primary N) is 1. The smallest absolute Gasteiger partial charge is 0.359 e. The summed E-state index contributed by atoms with van der Waals surface area (Å²) in [6.07, 6.45) is 6.46. The Bertz CT molecular complexity index is 793. The average Bonchev–Trinajstić information content (AvgIpc) is 3.28. The molecule has 6 nitrogen and oxygen atoms in total. The number of alkyl halides is 3. The van der Waals surface area contributed by atoms with Gasteiger partial charge in [-0.25, -0.2) is 4.79 Å². The van der Waals surface area contributed by atoms with E-state index >= 15 is 0 Å². The van der Waals surface area contributed by atoms with Crippen LogP contribution in [0.4, 0.5) is 0 Å². The number of nitriles is 1. The molecule has 1 aliphatic heterocycles. The molecule has 158 valence electrons. The van der Waals surface area contributed by atoms with Crippen molar-refractivity contribution in [1.29, 1.82) is 5.26 Å². The van der Waals surface area contributed by atoms with Gasteiger partial charge in [-0.15, -0.1) is 0 Å². The molecule has 0 aromatic carbocycles. The number of rotatable bonds is 3. The molecule has 6 rings (SSSR count). The third kappa shape index (κ3) is 3.15. The molecule has 2 unspecified atom stereocenters. The molecular weight excluding hydrogens is 437 g/mol. The highest BCUT2D eigenvalue weighted by Crippen LogP contribution is 2.64. The van der Waals surface area contributed by atoms with E-state index in [0.717, 1.165) is 44.9 Å². The fourth-order valence-corrected chi connectivity index (χ4v) is 7.41. The second-order valence-electron chi connectivity index (χ2n) is 10.1. The summed E-state index contributed by atoms with van der Waals surface area (Å²) < 4.78 is 3.68. The van der Waals surface area contributed by atoms with Crippen LogP contribution in [0.3, 0.4) is 0 Å². The Balaban J connectivity index is 1.40. The predicted molar refractivity (Wildman–Crippen MR) is 107 cm³/mol. The van der Waals surface area contributed by atoms with E-state index < -0.39 is 26.8 Å². The number of likely N-dealkylation sites (tertiary alicyclic amines) is 1. The number of fused-ring (bicyclic) bond motifs is 1. The summed E-state index contributed by atoms with van der Waals surface area (Å²) in [5, 5.41) is 9.48. The number of piperidine rings is 1. The molecule has 5 aliphatic carbocycles. The van der Waals surface area contributed by atoms with Crippen molar-refractivity contribution in [3.05, 3.63) is 0 Å². The zero-order chi connectivity index (χ0) is 20.8. The average molecular weight is 461 g/mol. The number of amides is 1. The van der Waals surface area contributed by atoms with Crippen LogP contribution in [0.15, 0.2) is 0 Å². The van der Waals surface area contributed by atoms with Gasteiger partial charge in [-0.2, -0.15) is 5.26 Å². The highest BCUT2D eigenvalue weighted by atomic mass is 35.6. The van der Waals surface area contributed by atoms with E-state index in [1.165, 1.54) is 0 Å². The number of hydrogen-bond acceptors (Lipinski definition) is 5. The molecule has 1 amide bonds. The summed E-state index contributed by atoms with van der Waals surface area (Å²) in [6.45, 7) is 0. The number of nitrogens with zero attached hydrogens (tertiary/aromatic N) is 2. The lowest BCUT2D eigenvalue weighted by Gasteiger charge is -2.62. The van der Waals surface area contributed by atoms with E-state index in [9.17, 15) is 14.9 Å². The largest absolute Gasteiger partial charge is 0.456 e. The van der Waals surface area contributed by atoms with E-state index in [4.69, 9.17) is 45.3 Å². The van der Waals surface area contributed by atoms with Gasteiger partial charge in [-0.3, -0.25) is 4.79 Å². The lowest BCUT2D eigenvalue weighted by atomic mass is 9.46. The molecule has 2 N–H and O–H groups in total. The van der Waals surface area contributed by atoms with Crippen molar-refractivity contribution in [3.8, 4) is 6.07 Å². The van der Waals surface area contributed by atoms with E-state index in [-0.39, 0.29) is 18.0 Å². The summed E-state index contributed by atoms with van der Waals surface area (Å²) in [5.41, 5.74) is 5.50. The summed E-state index contributed by atoms with van der Waals surface area (Å²) in [7, 11) is 0. The van der Waals surface area contributed by atoms with Crippen LogP contribution < -0.4 is 5.73 Å². The Morgan fingerprint density at radius 3 is 2.38 bits per heavy atom. The number of carbonyl (C=O) groups excluding carboxylic acids is 2. The summed E-state index contributed by atoms with van der Waals surface area (Å²) >= 11 is 17.3. The molecule has 29 heavy (non-hydrogen) atoms. The van der Waals surface area contributed by atoms with Crippen LogP contribution in [-0.2, 0) is 14.3 Å². The van der Waals surface area contributed by atoms with Crippen LogP contribution in [0.1, 0.15) is 51.4 Å². The number of carbonyl (C=O) groups is 2. The van der Waals surface area contributed by atoms with Crippen LogP contribution in [0.2, 0.25) is 0 Å². The topological polar surface area (TPSA) is 96.4 Å². The van der Waals surface area contributed by atoms with Gasteiger partial charge in [0.05, 0.1) is 12.1 Å². The maximum Gasteiger partial charge on any atom is 0.359 e. The Morgan fingerprint density at radius 2 is 1.79 bits per heavy atom. The maximum atomic E-state index is 13.4. The third-order valence-electron chi connectivity index (χ3n) is 8.03. The van der Waals surface area contributed by atoms with E-state index in [0.29, 0.717) is 24.2 Å². The van der Waals surface area contributed by atoms with Crippen molar-refractivity contribution < 1.29 is 14.3 Å². The Hall–Kier alpha value is -0.740. The molecule has 4 bridgehead atoms. The van der Waals surface area contributed by atoms with Crippen molar-refractivity contribution >= 4 is 46.7 Å². The molecule has 9 heteroatoms. The minimum absolute atomic E-state index is 0.119. The lowest BCUT2D eigenvalue weighted by molar-refractivity contribution is -0.205. The fraction of sp³-hybridized carbons (Fsp3) is 0.850. The minimum atomic E-state index is -2.12. The molecular formula is C20H24Cl3N3O3. The van der Waals surface area contributed by atoms with Crippen LogP contribution in [0, 0.1) is 34.5 Å². The van der Waals surface area contributed by atoms with Gasteiger partial charge in [-0.05, 0) is 74.5 Å². The van der Waals surface area contributed by atoms with Crippen molar-refractivity contribution in [2.75, 3.05) is 0 Å². The van der Waals surface area contributed by atoms with Crippen molar-refractivity contribution in [1.82, 2.24) is 4.90 Å². The molecule has 1 saturated heterocycles. The molecule has 6 fully saturated rings. The van der Waals surface area contributed by atoms with Crippen LogP contribution >= 0.6 is 34.8 Å². The zero-order valence-electron chi connectivity index (χ0n) is 16.0. The summed E-state index contributed by atoms with van der Waals surface area (Å²) in [4.78, 5) is 27.5. The van der Waals surface area contributed by atoms with Crippen LogP contribution in [0.5, 0.6) is 0 Å². The first-order valence-corrected chi connectivity index (χ1v) is 11.5. The fourth-order valence-electron chi connectivity index (χ4n) is 7.30. The number of ether oxygens (including phenoxy) is 1. The van der Waals surface area contributed by atoms with Crippen molar-refractivity contribution in [3.63, 3.8) is 0 Å². The zero-order valence-corrected chi connectivity index (χ0v) is 18.2. The van der Waals surface area contributed by atoms with Gasteiger partial charge in [0.2, 0.25) is 5.91 Å². The van der Waals surface area contributed by atoms with Gasteiger partial charge in [0.25, 0.3) is 3.79 Å². The first-order valence-electron chi connectivity index (χ1n) is 10.3. The van der Waals surface area contributed by atoms with E-state index in [1.54, 1.807) is 4.90 Å². The number of halogens is 3. The number of hydrogen-bond donors (Lipinski definition) is 1. The molecule has 5 saturated carbocycles. The first kappa shape index (κ1) is 20.2. The van der Waals surface area contributed by atoms with Crippen molar-refractivity contribution in [2.45, 2.75) is 78.9 Å². The Kier molecular flexibility index (Phi) is 4.44. The van der Waals surface area contributed by atoms with Crippen LogP contribution in [0.25, 0.3) is 0 Å². The van der Waals surface area contributed by atoms with Gasteiger partial charge in [0.1, 0.15) is 11.6 Å². The molecule has 8 atom stereocenters. The standard InChI is InChI=1S/C20H24Cl3N3O3/c21-20(22,23)17(28)29-19-6-10-1-11(7-19)5-18(4-10,9-19)15(25)16(27)26-13(8-24)2-12-3-14(12)26/h10-15H,1-7,9,25H2/t10-,11+,12-,13+,14+,15-,18?,19?/m1/s1. The molecule has 1 heterocycles. The Labute approximate surface area is 184 Å². The van der Waals surface area contributed by atoms with E-state index in [2.05, 4.69) is 6.07 Å². The third-order valence-corrected chi connectivity index (χ3v) is 8.49. The molecule has 6 aliphatic rings. The monoisotopic (exact) mass is 459 g/mol. The Morgan fingerprint density at radius 1 is 1.14 bits per heavy atom. The molecule has 0 radical (unpaired) electrons. The predicted octanol–water partition coefficient (Wildman–Crippen LogP) is 3.08. The summed E-state index contributed by atoms with van der Waals surface area (Å²) in [6, 6.07) is 1.37. The highest BCUT2D eigenvalue weighted by Gasteiger charge is 2.64. The lowest BCUT2D eigenvalue weighted by Crippen LogP contribution is -2.65. The first-order chi connectivity index (χ1) is 13.6.